The van der Waals surface area contributed by atoms with Crippen molar-refractivity contribution in [2.24, 2.45) is 17.0 Å². The summed E-state index contributed by atoms with van der Waals surface area (Å²) >= 11 is 0. The Kier molecular flexibility index (Phi) is 3.82. The summed E-state index contributed by atoms with van der Waals surface area (Å²) in [5.41, 5.74) is 0.724. The Bertz CT molecular complexity index is 1070. The van der Waals surface area contributed by atoms with Crippen LogP contribution in [0.1, 0.15) is 19.4 Å². The molecule has 4 atom stereocenters. The Balaban J connectivity index is 1.48. The van der Waals surface area contributed by atoms with E-state index in [1.165, 1.54) is 12.1 Å². The number of fused-ring (bicyclic) bond motifs is 2. The lowest BCUT2D eigenvalue weighted by Crippen LogP contribution is -2.46. The van der Waals surface area contributed by atoms with Gasteiger partial charge in [0, 0.05) is 18.3 Å². The van der Waals surface area contributed by atoms with E-state index in [1.807, 2.05) is 26.0 Å². The highest BCUT2D eigenvalue weighted by atomic mass is 32.2. The standard InChI is InChI=1S/C20H23N3O5S/c1-11(2)23-10-20-7-5-15(28-20)16(17(20)19(23)25)18(24)22-8-6-12-9-13(29(21,26)27)3-4-14(12)22/h3-5,7,9,11,15-17H,6,8,10H2,1-2H3,(H2,21,26,27)/t15-,16+,17-,20-/m1/s1. The lowest BCUT2D eigenvalue weighted by Gasteiger charge is -2.28. The van der Waals surface area contributed by atoms with Crippen LogP contribution in [0.4, 0.5) is 5.69 Å². The number of hydrogen-bond donors (Lipinski definition) is 1. The molecule has 0 aromatic heterocycles. The van der Waals surface area contributed by atoms with Crippen molar-refractivity contribution in [3.63, 3.8) is 0 Å². The van der Waals surface area contributed by atoms with Crippen molar-refractivity contribution < 1.29 is 22.7 Å². The number of amides is 2. The largest absolute Gasteiger partial charge is 0.360 e. The molecule has 0 saturated carbocycles. The molecule has 8 nitrogen and oxygen atoms in total. The number of nitrogens with zero attached hydrogens (tertiary/aromatic N) is 2. The molecule has 2 N–H and O–H groups in total. The number of ether oxygens (including phenoxy) is 1. The van der Waals surface area contributed by atoms with Gasteiger partial charge in [-0.2, -0.15) is 0 Å². The van der Waals surface area contributed by atoms with Crippen LogP contribution >= 0.6 is 0 Å². The molecular formula is C20H23N3O5S. The summed E-state index contributed by atoms with van der Waals surface area (Å²) in [6.45, 7) is 4.83. The molecule has 4 heterocycles. The zero-order valence-electron chi connectivity index (χ0n) is 16.2. The molecule has 2 bridgehead atoms. The van der Waals surface area contributed by atoms with Crippen molar-refractivity contribution in [3.05, 3.63) is 35.9 Å². The first kappa shape index (κ1) is 18.8. The normalized spacial score (nSPS) is 32.4. The molecule has 154 valence electrons. The smallest absolute Gasteiger partial charge is 0.238 e. The third-order valence-electron chi connectivity index (χ3n) is 6.58. The monoisotopic (exact) mass is 417 g/mol. The number of likely N-dealkylation sites (tertiary alicyclic amines) is 1. The summed E-state index contributed by atoms with van der Waals surface area (Å²) in [4.78, 5) is 30.1. The number of carbonyl (C=O) groups is 2. The molecule has 2 amide bonds. The quantitative estimate of drug-likeness (QED) is 0.717. The van der Waals surface area contributed by atoms with Gasteiger partial charge in [-0.3, -0.25) is 9.59 Å². The van der Waals surface area contributed by atoms with Gasteiger partial charge in [0.1, 0.15) is 5.60 Å². The van der Waals surface area contributed by atoms with Crippen molar-refractivity contribution >= 4 is 27.5 Å². The molecule has 1 aromatic carbocycles. The van der Waals surface area contributed by atoms with Crippen LogP contribution in [0.15, 0.2) is 35.2 Å². The van der Waals surface area contributed by atoms with Crippen molar-refractivity contribution in [2.45, 2.75) is 42.9 Å². The summed E-state index contributed by atoms with van der Waals surface area (Å²) in [5, 5.41) is 5.22. The second kappa shape index (κ2) is 5.90. The zero-order chi connectivity index (χ0) is 20.7. The Morgan fingerprint density at radius 1 is 1.34 bits per heavy atom. The second-order valence-electron chi connectivity index (χ2n) is 8.54. The Labute approximate surface area is 169 Å². The molecule has 4 aliphatic rings. The van der Waals surface area contributed by atoms with E-state index in [1.54, 1.807) is 15.9 Å². The maximum Gasteiger partial charge on any atom is 0.238 e. The van der Waals surface area contributed by atoms with E-state index in [0.29, 0.717) is 25.2 Å². The lowest BCUT2D eigenvalue weighted by molar-refractivity contribution is -0.137. The molecule has 1 aromatic rings. The van der Waals surface area contributed by atoms with Crippen molar-refractivity contribution in [2.75, 3.05) is 18.0 Å². The summed E-state index contributed by atoms with van der Waals surface area (Å²) in [6, 6.07) is 4.60. The molecule has 0 radical (unpaired) electrons. The minimum absolute atomic E-state index is 0.0332. The van der Waals surface area contributed by atoms with Crippen LogP contribution in [0, 0.1) is 11.8 Å². The summed E-state index contributed by atoms with van der Waals surface area (Å²) in [7, 11) is -3.80. The van der Waals surface area contributed by atoms with Crippen LogP contribution in [0.25, 0.3) is 0 Å². The molecule has 1 spiro atoms. The number of carbonyl (C=O) groups excluding carboxylic acids is 2. The predicted molar refractivity (Wildman–Crippen MR) is 104 cm³/mol. The predicted octanol–water partition coefficient (Wildman–Crippen LogP) is 0.414. The zero-order valence-corrected chi connectivity index (χ0v) is 17.1. The second-order valence-corrected chi connectivity index (χ2v) is 10.1. The van der Waals surface area contributed by atoms with Gasteiger partial charge in [0.05, 0.1) is 29.4 Å². The fourth-order valence-electron chi connectivity index (χ4n) is 5.21. The first-order chi connectivity index (χ1) is 13.6. The molecule has 4 aliphatic heterocycles. The van der Waals surface area contributed by atoms with Crippen molar-refractivity contribution in [1.82, 2.24) is 4.90 Å². The third-order valence-corrected chi connectivity index (χ3v) is 7.49. The average Bonchev–Trinajstić information content (AvgIpc) is 3.39. The van der Waals surface area contributed by atoms with E-state index < -0.39 is 33.6 Å². The first-order valence-corrected chi connectivity index (χ1v) is 11.3. The fraction of sp³-hybridized carbons (Fsp3) is 0.500. The van der Waals surface area contributed by atoms with Gasteiger partial charge in [0.25, 0.3) is 0 Å². The van der Waals surface area contributed by atoms with E-state index in [0.717, 1.165) is 5.56 Å². The maximum atomic E-state index is 13.5. The molecule has 0 unspecified atom stereocenters. The number of benzene rings is 1. The topological polar surface area (TPSA) is 110 Å². The molecular weight excluding hydrogens is 394 g/mol. The van der Waals surface area contributed by atoms with Crippen molar-refractivity contribution in [1.29, 1.82) is 0 Å². The third kappa shape index (κ3) is 2.54. The highest BCUT2D eigenvalue weighted by molar-refractivity contribution is 7.89. The van der Waals surface area contributed by atoms with Crippen LogP contribution in [-0.4, -0.2) is 56.0 Å². The van der Waals surface area contributed by atoms with E-state index in [2.05, 4.69) is 0 Å². The van der Waals surface area contributed by atoms with Gasteiger partial charge in [0.2, 0.25) is 21.8 Å². The van der Waals surface area contributed by atoms with E-state index >= 15 is 0 Å². The van der Waals surface area contributed by atoms with Gasteiger partial charge in [-0.15, -0.1) is 0 Å². The molecule has 9 heteroatoms. The molecule has 29 heavy (non-hydrogen) atoms. The summed E-state index contributed by atoms with van der Waals surface area (Å²) in [5.74, 6) is -1.26. The highest BCUT2D eigenvalue weighted by Crippen LogP contribution is 2.53. The number of anilines is 1. The number of hydrogen-bond acceptors (Lipinski definition) is 5. The van der Waals surface area contributed by atoms with Gasteiger partial charge >= 0.3 is 0 Å². The van der Waals surface area contributed by atoms with Gasteiger partial charge in [-0.25, -0.2) is 13.6 Å². The Morgan fingerprint density at radius 3 is 2.79 bits per heavy atom. The van der Waals surface area contributed by atoms with Crippen molar-refractivity contribution in [3.8, 4) is 0 Å². The van der Waals surface area contributed by atoms with Gasteiger partial charge < -0.3 is 14.5 Å². The number of rotatable bonds is 3. The SMILES string of the molecule is CC(C)N1C[C@@]23C=C[C@@H](O2)[C@H](C(=O)N2CCc4cc(S(N)(=O)=O)ccc42)[C@@H]3C1=O. The van der Waals surface area contributed by atoms with Gasteiger partial charge in [-0.1, -0.05) is 12.2 Å². The van der Waals surface area contributed by atoms with Crippen LogP contribution < -0.4 is 10.0 Å². The summed E-state index contributed by atoms with van der Waals surface area (Å²) in [6.07, 6.45) is 3.99. The fourth-order valence-corrected chi connectivity index (χ4v) is 5.78. The Morgan fingerprint density at radius 2 is 2.10 bits per heavy atom. The molecule has 2 fully saturated rings. The van der Waals surface area contributed by atoms with Crippen LogP contribution in [-0.2, 0) is 30.8 Å². The highest BCUT2D eigenvalue weighted by Gasteiger charge is 2.67. The van der Waals surface area contributed by atoms with Gasteiger partial charge in [-0.05, 0) is 44.0 Å². The minimum Gasteiger partial charge on any atom is -0.360 e. The van der Waals surface area contributed by atoms with E-state index in [9.17, 15) is 18.0 Å². The number of sulfonamides is 1. The van der Waals surface area contributed by atoms with Gasteiger partial charge in [0.15, 0.2) is 0 Å². The van der Waals surface area contributed by atoms with Crippen LogP contribution in [0.3, 0.4) is 0 Å². The first-order valence-electron chi connectivity index (χ1n) is 9.77. The molecule has 5 rings (SSSR count). The minimum atomic E-state index is -3.80. The lowest BCUT2D eigenvalue weighted by atomic mass is 9.76. The molecule has 2 saturated heterocycles. The number of primary sulfonamides is 1. The average molecular weight is 417 g/mol. The maximum absolute atomic E-state index is 13.5. The van der Waals surface area contributed by atoms with Crippen LogP contribution in [0.5, 0.6) is 0 Å². The van der Waals surface area contributed by atoms with E-state index in [-0.39, 0.29) is 22.8 Å². The Hall–Kier alpha value is -2.23. The van der Waals surface area contributed by atoms with Crippen LogP contribution in [0.2, 0.25) is 0 Å². The molecule has 0 aliphatic carbocycles. The summed E-state index contributed by atoms with van der Waals surface area (Å²) < 4.78 is 29.4. The number of nitrogens with two attached hydrogens (primary N) is 1. The van der Waals surface area contributed by atoms with E-state index in [4.69, 9.17) is 9.88 Å².